The highest BCUT2D eigenvalue weighted by atomic mass is 35.5. The summed E-state index contributed by atoms with van der Waals surface area (Å²) in [5.74, 6) is -0.0805. The number of hydrogen-bond acceptors (Lipinski definition) is 3. The van der Waals surface area contributed by atoms with Gasteiger partial charge in [0.2, 0.25) is 0 Å². The van der Waals surface area contributed by atoms with Gasteiger partial charge < -0.3 is 10.6 Å². The third-order valence-corrected chi connectivity index (χ3v) is 4.54. The molecule has 2 N–H and O–H groups in total. The van der Waals surface area contributed by atoms with Gasteiger partial charge in [0.15, 0.2) is 0 Å². The van der Waals surface area contributed by atoms with Crippen LogP contribution in [0, 0.1) is 0 Å². The molecule has 2 rings (SSSR count). The zero-order valence-electron chi connectivity index (χ0n) is 17.6. The molecule has 0 bridgehead atoms. The van der Waals surface area contributed by atoms with Crippen molar-refractivity contribution < 1.29 is 18.0 Å². The maximum atomic E-state index is 12.9. The number of halogens is 4. The van der Waals surface area contributed by atoms with Crippen molar-refractivity contribution in [3.63, 3.8) is 0 Å². The number of carbonyl (C=O) groups excluding carboxylic acids is 1. The van der Waals surface area contributed by atoms with Crippen LogP contribution in [0.1, 0.15) is 41.4 Å². The van der Waals surface area contributed by atoms with Crippen LogP contribution in [0.25, 0.3) is 0 Å². The third kappa shape index (κ3) is 7.42. The molecule has 0 fully saturated rings. The van der Waals surface area contributed by atoms with E-state index in [9.17, 15) is 18.0 Å². The molecule has 32 heavy (non-hydrogen) atoms. The van der Waals surface area contributed by atoms with Gasteiger partial charge >= 0.3 is 6.18 Å². The maximum Gasteiger partial charge on any atom is 0.416 e. The van der Waals surface area contributed by atoms with Crippen LogP contribution in [-0.4, -0.2) is 11.1 Å². The highest BCUT2D eigenvalue weighted by Crippen LogP contribution is 2.29. The minimum atomic E-state index is -4.52. The number of anilines is 1. The Balaban J connectivity index is 2.14. The number of rotatable bonds is 8. The van der Waals surface area contributed by atoms with Crippen molar-refractivity contribution >= 4 is 28.4 Å². The molecule has 1 amide bonds. The molecule has 0 aromatic heterocycles. The first-order chi connectivity index (χ1) is 15.1. The number of nitrogens with one attached hydrogen (secondary N) is 2. The van der Waals surface area contributed by atoms with E-state index < -0.39 is 17.6 Å². The molecule has 0 aliphatic rings. The molecule has 0 aliphatic heterocycles. The van der Waals surface area contributed by atoms with Gasteiger partial charge in [0.1, 0.15) is 11.0 Å². The summed E-state index contributed by atoms with van der Waals surface area (Å²) in [7, 11) is 0. The monoisotopic (exact) mass is 461 g/mol. The summed E-state index contributed by atoms with van der Waals surface area (Å²) >= 11 is 6.06. The molecule has 8 heteroatoms. The van der Waals surface area contributed by atoms with E-state index in [0.29, 0.717) is 11.5 Å². The van der Waals surface area contributed by atoms with E-state index in [1.807, 2.05) is 19.9 Å². The molecule has 0 aliphatic carbocycles. The molecule has 0 heterocycles. The molecule has 2 aromatic rings. The first-order valence-electron chi connectivity index (χ1n) is 9.68. The summed E-state index contributed by atoms with van der Waals surface area (Å²) in [6.45, 7) is 7.29. The number of hydrogen-bond donors (Lipinski definition) is 2. The lowest BCUT2D eigenvalue weighted by Crippen LogP contribution is -2.18. The van der Waals surface area contributed by atoms with E-state index in [0.717, 1.165) is 17.7 Å². The fourth-order valence-corrected chi connectivity index (χ4v) is 2.87. The predicted octanol–water partition coefficient (Wildman–Crippen LogP) is 6.85. The van der Waals surface area contributed by atoms with Crippen molar-refractivity contribution in [1.82, 2.24) is 5.32 Å². The van der Waals surface area contributed by atoms with Crippen molar-refractivity contribution in [2.24, 2.45) is 4.99 Å². The van der Waals surface area contributed by atoms with E-state index in [-0.39, 0.29) is 16.8 Å². The molecular formula is C24H23ClF3N3O. The predicted molar refractivity (Wildman–Crippen MR) is 124 cm³/mol. The van der Waals surface area contributed by atoms with Crippen LogP contribution >= 0.6 is 11.6 Å². The van der Waals surface area contributed by atoms with Gasteiger partial charge in [0.25, 0.3) is 5.91 Å². The van der Waals surface area contributed by atoms with Crippen LogP contribution in [0.2, 0.25) is 0 Å². The van der Waals surface area contributed by atoms with Crippen molar-refractivity contribution in [1.29, 1.82) is 0 Å². The molecule has 0 unspecified atom stereocenters. The second-order valence-electron chi connectivity index (χ2n) is 6.73. The number of amides is 1. The number of carbonyl (C=O) groups is 1. The lowest BCUT2D eigenvalue weighted by atomic mass is 10.1. The normalized spacial score (nSPS) is 13.7. The molecule has 4 nitrogen and oxygen atoms in total. The van der Waals surface area contributed by atoms with Crippen molar-refractivity contribution in [3.05, 3.63) is 102 Å². The summed E-state index contributed by atoms with van der Waals surface area (Å²) < 4.78 is 38.7. The Labute approximate surface area is 190 Å². The van der Waals surface area contributed by atoms with Gasteiger partial charge in [-0.3, -0.25) is 4.79 Å². The maximum absolute atomic E-state index is 12.9. The van der Waals surface area contributed by atoms with E-state index in [1.165, 1.54) is 12.1 Å². The van der Waals surface area contributed by atoms with Gasteiger partial charge in [-0.2, -0.15) is 13.2 Å². The second kappa shape index (κ2) is 11.3. The highest BCUT2D eigenvalue weighted by molar-refractivity contribution is 6.68. The Hall–Kier alpha value is -3.32. The van der Waals surface area contributed by atoms with Crippen molar-refractivity contribution in [2.75, 3.05) is 5.32 Å². The van der Waals surface area contributed by atoms with Gasteiger partial charge in [-0.1, -0.05) is 48.5 Å². The average Bonchev–Trinajstić information content (AvgIpc) is 2.76. The summed E-state index contributed by atoms with van der Waals surface area (Å²) in [6, 6.07) is 11.1. The molecule has 1 atom stereocenters. The van der Waals surface area contributed by atoms with Crippen LogP contribution in [-0.2, 0) is 6.18 Å². The van der Waals surface area contributed by atoms with E-state index in [4.69, 9.17) is 11.6 Å². The number of benzene rings is 2. The summed E-state index contributed by atoms with van der Waals surface area (Å²) in [6.07, 6.45) is 2.10. The Morgan fingerprint density at radius 2 is 1.91 bits per heavy atom. The first kappa shape index (κ1) is 24.9. The number of alkyl halides is 3. The molecule has 0 radical (unpaired) electrons. The zero-order valence-corrected chi connectivity index (χ0v) is 18.3. The summed E-state index contributed by atoms with van der Waals surface area (Å²) in [5, 5.41) is 6.13. The van der Waals surface area contributed by atoms with Gasteiger partial charge in [-0.05, 0) is 61.9 Å². The van der Waals surface area contributed by atoms with Gasteiger partial charge in [-0.15, -0.1) is 0 Å². The molecule has 0 saturated heterocycles. The van der Waals surface area contributed by atoms with Crippen LogP contribution in [0.4, 0.5) is 18.9 Å². The Morgan fingerprint density at radius 3 is 2.56 bits per heavy atom. The number of allylic oxidation sites excluding steroid dienone is 4. The molecule has 2 aromatic carbocycles. The third-order valence-electron chi connectivity index (χ3n) is 4.33. The van der Waals surface area contributed by atoms with E-state index in [2.05, 4.69) is 22.2 Å². The highest BCUT2D eigenvalue weighted by Gasteiger charge is 2.30. The quantitative estimate of drug-likeness (QED) is 0.333. The molecule has 168 valence electrons. The van der Waals surface area contributed by atoms with E-state index >= 15 is 0 Å². The lowest BCUT2D eigenvalue weighted by molar-refractivity contribution is -0.137. The van der Waals surface area contributed by atoms with Gasteiger partial charge in [0, 0.05) is 11.3 Å². The Bertz CT molecular complexity index is 1060. The summed E-state index contributed by atoms with van der Waals surface area (Å²) in [4.78, 5) is 16.7. The van der Waals surface area contributed by atoms with Crippen LogP contribution in [0.15, 0.2) is 90.2 Å². The van der Waals surface area contributed by atoms with Crippen molar-refractivity contribution in [2.45, 2.75) is 26.1 Å². The van der Waals surface area contributed by atoms with Crippen LogP contribution in [0.5, 0.6) is 0 Å². The minimum Gasteiger partial charge on any atom is -0.364 e. The molecule has 0 saturated carbocycles. The van der Waals surface area contributed by atoms with Crippen LogP contribution < -0.4 is 10.6 Å². The molecular weight excluding hydrogens is 439 g/mol. The van der Waals surface area contributed by atoms with E-state index in [1.54, 1.807) is 42.5 Å². The Morgan fingerprint density at radius 1 is 1.19 bits per heavy atom. The second-order valence-corrected chi connectivity index (χ2v) is 7.11. The zero-order chi connectivity index (χ0) is 23.7. The number of nitrogens with zero attached hydrogens (tertiary/aromatic N) is 1. The smallest absolute Gasteiger partial charge is 0.364 e. The average molecular weight is 462 g/mol. The number of aliphatic imine (C=N–C) groups is 1. The first-order valence-corrected chi connectivity index (χ1v) is 10.1. The minimum absolute atomic E-state index is 0.0795. The standard InChI is InChI=1S/C24H23ClF3N3O/c1-4-6-13-21(25)31-22(5-2)29-16(3)17-9-8-12-20(15-17)30-23(32)18-10-7-11-19(14-18)24(26,27)28/h4-16,29H,1H2,2-3H3,(H,30,32)/b13-6+,22-5-,31-21+/t16-/m0/s1. The topological polar surface area (TPSA) is 53.5 Å². The largest absolute Gasteiger partial charge is 0.416 e. The fourth-order valence-electron chi connectivity index (χ4n) is 2.71. The lowest BCUT2D eigenvalue weighted by Gasteiger charge is -2.17. The SMILES string of the molecule is C=C/C=C/C(Cl)=N\C(=C/C)N[C@@H](C)c1cccc(NC(=O)c2cccc(C(F)(F)F)c2)c1. The molecule has 0 spiro atoms. The van der Waals surface area contributed by atoms with Gasteiger partial charge in [-0.25, -0.2) is 4.99 Å². The summed E-state index contributed by atoms with van der Waals surface area (Å²) in [5.41, 5.74) is 0.331. The van der Waals surface area contributed by atoms with Crippen LogP contribution in [0.3, 0.4) is 0 Å². The van der Waals surface area contributed by atoms with Gasteiger partial charge in [0.05, 0.1) is 11.6 Å². The Kier molecular flexibility index (Phi) is 8.84. The van der Waals surface area contributed by atoms with Crippen molar-refractivity contribution in [3.8, 4) is 0 Å². The fraction of sp³-hybridized carbons (Fsp3) is 0.167.